The highest BCUT2D eigenvalue weighted by Gasteiger charge is 2.33. The third-order valence-electron chi connectivity index (χ3n) is 3.02. The molecule has 2 rings (SSSR count). The summed E-state index contributed by atoms with van der Waals surface area (Å²) in [5.41, 5.74) is 6.01. The van der Waals surface area contributed by atoms with Crippen molar-refractivity contribution in [2.75, 3.05) is 6.54 Å². The molecule has 20 heavy (non-hydrogen) atoms. The molecule has 0 heterocycles. The van der Waals surface area contributed by atoms with Gasteiger partial charge in [0.1, 0.15) is 0 Å². The quantitative estimate of drug-likeness (QED) is 0.885. The number of benzene rings is 2. The van der Waals surface area contributed by atoms with Gasteiger partial charge in [-0.1, -0.05) is 48.0 Å². The Morgan fingerprint density at radius 1 is 0.950 bits per heavy atom. The lowest BCUT2D eigenvalue weighted by molar-refractivity contribution is -0.137. The first-order chi connectivity index (χ1) is 9.45. The average Bonchev–Trinajstić information content (AvgIpc) is 2.40. The molecule has 2 aromatic rings. The van der Waals surface area contributed by atoms with Gasteiger partial charge in [-0.15, -0.1) is 0 Å². The summed E-state index contributed by atoms with van der Waals surface area (Å²) >= 11 is 6.22. The molecule has 1 nitrogen and oxygen atoms in total. The monoisotopic (exact) mass is 299 g/mol. The number of halogens is 4. The van der Waals surface area contributed by atoms with Crippen molar-refractivity contribution in [3.63, 3.8) is 0 Å². The van der Waals surface area contributed by atoms with Gasteiger partial charge in [-0.3, -0.25) is 0 Å². The molecule has 0 atom stereocenters. The average molecular weight is 300 g/mol. The maximum absolute atomic E-state index is 13.1. The summed E-state index contributed by atoms with van der Waals surface area (Å²) in [6.07, 6.45) is -3.88. The van der Waals surface area contributed by atoms with Gasteiger partial charge in [0.05, 0.1) is 10.6 Å². The van der Waals surface area contributed by atoms with Crippen LogP contribution in [0.3, 0.4) is 0 Å². The molecule has 2 N–H and O–H groups in total. The SMILES string of the molecule is NCCc1cccc(-c2ccccc2C(F)(F)F)c1Cl. The van der Waals surface area contributed by atoms with Crippen molar-refractivity contribution in [2.24, 2.45) is 5.73 Å². The molecule has 0 radical (unpaired) electrons. The zero-order chi connectivity index (χ0) is 14.8. The molecule has 0 amide bonds. The van der Waals surface area contributed by atoms with Crippen LogP contribution in [0.15, 0.2) is 42.5 Å². The Morgan fingerprint density at radius 2 is 1.60 bits per heavy atom. The summed E-state index contributed by atoms with van der Waals surface area (Å²) in [7, 11) is 0. The summed E-state index contributed by atoms with van der Waals surface area (Å²) in [5.74, 6) is 0. The smallest absolute Gasteiger partial charge is 0.330 e. The number of nitrogens with two attached hydrogens (primary N) is 1. The molecule has 0 aromatic heterocycles. The van der Waals surface area contributed by atoms with Gasteiger partial charge in [-0.25, -0.2) is 0 Å². The summed E-state index contributed by atoms with van der Waals surface area (Å²) in [6, 6.07) is 10.5. The van der Waals surface area contributed by atoms with E-state index in [0.29, 0.717) is 23.6 Å². The van der Waals surface area contributed by atoms with Crippen LogP contribution < -0.4 is 5.73 Å². The zero-order valence-electron chi connectivity index (χ0n) is 10.5. The number of hydrogen-bond acceptors (Lipinski definition) is 1. The second kappa shape index (κ2) is 5.85. The predicted molar refractivity (Wildman–Crippen MR) is 74.6 cm³/mol. The van der Waals surface area contributed by atoms with Gasteiger partial charge < -0.3 is 5.73 Å². The molecule has 0 bridgehead atoms. The minimum absolute atomic E-state index is 0.0869. The van der Waals surface area contributed by atoms with E-state index in [9.17, 15) is 13.2 Å². The molecule has 2 aromatic carbocycles. The van der Waals surface area contributed by atoms with E-state index in [2.05, 4.69) is 0 Å². The van der Waals surface area contributed by atoms with E-state index >= 15 is 0 Å². The molecular weight excluding hydrogens is 287 g/mol. The van der Waals surface area contributed by atoms with Crippen molar-refractivity contribution in [1.29, 1.82) is 0 Å². The molecule has 5 heteroatoms. The van der Waals surface area contributed by atoms with Crippen molar-refractivity contribution in [1.82, 2.24) is 0 Å². The maximum Gasteiger partial charge on any atom is 0.417 e. The highest BCUT2D eigenvalue weighted by atomic mass is 35.5. The molecule has 0 saturated heterocycles. The largest absolute Gasteiger partial charge is 0.417 e. The van der Waals surface area contributed by atoms with Crippen molar-refractivity contribution in [2.45, 2.75) is 12.6 Å². The Kier molecular flexibility index (Phi) is 4.35. The van der Waals surface area contributed by atoms with Gasteiger partial charge in [-0.05, 0) is 30.2 Å². The van der Waals surface area contributed by atoms with E-state index in [-0.39, 0.29) is 5.56 Å². The Labute approximate surface area is 120 Å². The fraction of sp³-hybridized carbons (Fsp3) is 0.200. The first kappa shape index (κ1) is 14.9. The third-order valence-corrected chi connectivity index (χ3v) is 3.46. The normalized spacial score (nSPS) is 11.7. The minimum atomic E-state index is -4.41. The van der Waals surface area contributed by atoms with Crippen LogP contribution in [0.1, 0.15) is 11.1 Å². The molecule has 0 fully saturated rings. The second-order valence-corrected chi connectivity index (χ2v) is 4.74. The van der Waals surface area contributed by atoms with Gasteiger partial charge >= 0.3 is 6.18 Å². The van der Waals surface area contributed by atoms with E-state index in [1.165, 1.54) is 12.1 Å². The topological polar surface area (TPSA) is 26.0 Å². The van der Waals surface area contributed by atoms with Gasteiger partial charge in [0.15, 0.2) is 0 Å². The first-order valence-corrected chi connectivity index (χ1v) is 6.47. The molecule has 0 aliphatic rings. The lowest BCUT2D eigenvalue weighted by Crippen LogP contribution is -2.07. The highest BCUT2D eigenvalue weighted by Crippen LogP contribution is 2.40. The van der Waals surface area contributed by atoms with E-state index in [1.807, 2.05) is 0 Å². The standard InChI is InChI=1S/C15H13ClF3N/c16-14-10(8-9-20)4-3-6-12(14)11-5-1-2-7-13(11)15(17,18)19/h1-7H,8-9,20H2. The Balaban J connectivity index is 2.61. The number of rotatable bonds is 3. The van der Waals surface area contributed by atoms with Crippen LogP contribution in [0, 0.1) is 0 Å². The number of alkyl halides is 3. The Morgan fingerprint density at radius 3 is 2.25 bits per heavy atom. The maximum atomic E-state index is 13.1. The Hall–Kier alpha value is -1.52. The minimum Gasteiger partial charge on any atom is -0.330 e. The summed E-state index contributed by atoms with van der Waals surface area (Å²) < 4.78 is 39.2. The summed E-state index contributed by atoms with van der Waals surface area (Å²) in [4.78, 5) is 0. The van der Waals surface area contributed by atoms with E-state index in [4.69, 9.17) is 17.3 Å². The van der Waals surface area contributed by atoms with Crippen molar-refractivity contribution in [3.8, 4) is 11.1 Å². The van der Waals surface area contributed by atoms with Crippen molar-refractivity contribution in [3.05, 3.63) is 58.6 Å². The van der Waals surface area contributed by atoms with Gasteiger partial charge in [0.2, 0.25) is 0 Å². The molecule has 106 valence electrons. The zero-order valence-corrected chi connectivity index (χ0v) is 11.3. The van der Waals surface area contributed by atoms with Gasteiger partial charge in [0, 0.05) is 5.56 Å². The highest BCUT2D eigenvalue weighted by molar-refractivity contribution is 6.34. The number of hydrogen-bond donors (Lipinski definition) is 1. The lowest BCUT2D eigenvalue weighted by atomic mass is 9.97. The molecule has 0 saturated carbocycles. The van der Waals surface area contributed by atoms with Crippen LogP contribution in [0.25, 0.3) is 11.1 Å². The van der Waals surface area contributed by atoms with Crippen LogP contribution in [-0.2, 0) is 12.6 Å². The molecule has 0 aliphatic heterocycles. The lowest BCUT2D eigenvalue weighted by Gasteiger charge is -2.15. The van der Waals surface area contributed by atoms with Gasteiger partial charge in [0.25, 0.3) is 0 Å². The van der Waals surface area contributed by atoms with Crippen molar-refractivity contribution >= 4 is 11.6 Å². The summed E-state index contributed by atoms with van der Waals surface area (Å²) in [6.45, 7) is 0.393. The third kappa shape index (κ3) is 2.97. The summed E-state index contributed by atoms with van der Waals surface area (Å²) in [5, 5.41) is 0.328. The molecule has 0 unspecified atom stereocenters. The van der Waals surface area contributed by atoms with Crippen molar-refractivity contribution < 1.29 is 13.2 Å². The fourth-order valence-electron chi connectivity index (χ4n) is 2.10. The first-order valence-electron chi connectivity index (χ1n) is 6.09. The second-order valence-electron chi connectivity index (χ2n) is 4.36. The van der Waals surface area contributed by atoms with Gasteiger partial charge in [-0.2, -0.15) is 13.2 Å². The molecular formula is C15H13ClF3N. The van der Waals surface area contributed by atoms with Crippen LogP contribution in [0.4, 0.5) is 13.2 Å². The van der Waals surface area contributed by atoms with E-state index in [0.717, 1.165) is 11.6 Å². The van der Waals surface area contributed by atoms with Crippen LogP contribution in [0.5, 0.6) is 0 Å². The molecule has 0 spiro atoms. The Bertz CT molecular complexity index is 608. The van der Waals surface area contributed by atoms with Crippen LogP contribution in [0.2, 0.25) is 5.02 Å². The van der Waals surface area contributed by atoms with Crippen LogP contribution in [-0.4, -0.2) is 6.54 Å². The molecule has 0 aliphatic carbocycles. The fourth-order valence-corrected chi connectivity index (χ4v) is 2.42. The predicted octanol–water partition coefficient (Wildman–Crippen LogP) is 4.53. The van der Waals surface area contributed by atoms with Crippen LogP contribution >= 0.6 is 11.6 Å². The van der Waals surface area contributed by atoms with E-state index in [1.54, 1.807) is 24.3 Å². The van der Waals surface area contributed by atoms with E-state index < -0.39 is 11.7 Å².